The molecular formula is C15H25N3O2. The molecule has 0 fully saturated rings. The molecule has 5 nitrogen and oxygen atoms in total. The van der Waals surface area contributed by atoms with Crippen LogP contribution in [0.2, 0.25) is 0 Å². The molecule has 20 heavy (non-hydrogen) atoms. The lowest BCUT2D eigenvalue weighted by Crippen LogP contribution is -2.39. The molecule has 5 heteroatoms. The molecule has 0 aliphatic carbocycles. The SMILES string of the molecule is CCNC(=NCc1cc(OC)ccc1O)NCC(C)C. The first-order chi connectivity index (χ1) is 9.56. The van der Waals surface area contributed by atoms with E-state index < -0.39 is 0 Å². The molecule has 0 spiro atoms. The van der Waals surface area contributed by atoms with Crippen LogP contribution < -0.4 is 15.4 Å². The summed E-state index contributed by atoms with van der Waals surface area (Å²) in [5, 5.41) is 16.3. The van der Waals surface area contributed by atoms with Crippen LogP contribution in [0.1, 0.15) is 26.3 Å². The Morgan fingerprint density at radius 2 is 2.10 bits per heavy atom. The molecule has 0 aliphatic rings. The van der Waals surface area contributed by atoms with Crippen LogP contribution >= 0.6 is 0 Å². The number of hydrogen-bond donors (Lipinski definition) is 3. The smallest absolute Gasteiger partial charge is 0.191 e. The minimum absolute atomic E-state index is 0.231. The van der Waals surface area contributed by atoms with Gasteiger partial charge in [0.2, 0.25) is 0 Å². The van der Waals surface area contributed by atoms with Crippen LogP contribution in [0.15, 0.2) is 23.2 Å². The highest BCUT2D eigenvalue weighted by atomic mass is 16.5. The van der Waals surface area contributed by atoms with Crippen LogP contribution in [0.4, 0.5) is 0 Å². The maximum Gasteiger partial charge on any atom is 0.191 e. The number of hydrogen-bond acceptors (Lipinski definition) is 3. The van der Waals surface area contributed by atoms with Crippen molar-refractivity contribution in [2.24, 2.45) is 10.9 Å². The fourth-order valence-corrected chi connectivity index (χ4v) is 1.62. The van der Waals surface area contributed by atoms with Crippen molar-refractivity contribution in [1.29, 1.82) is 0 Å². The van der Waals surface area contributed by atoms with E-state index in [1.807, 2.05) is 6.92 Å². The van der Waals surface area contributed by atoms with E-state index in [1.54, 1.807) is 25.3 Å². The average Bonchev–Trinajstić information content (AvgIpc) is 2.43. The van der Waals surface area contributed by atoms with Crippen LogP contribution in [0.5, 0.6) is 11.5 Å². The molecule has 0 aliphatic heterocycles. The largest absolute Gasteiger partial charge is 0.508 e. The summed E-state index contributed by atoms with van der Waals surface area (Å²) in [7, 11) is 1.60. The molecule has 112 valence electrons. The third-order valence-electron chi connectivity index (χ3n) is 2.72. The molecule has 0 saturated carbocycles. The van der Waals surface area contributed by atoms with Gasteiger partial charge in [-0.25, -0.2) is 4.99 Å². The summed E-state index contributed by atoms with van der Waals surface area (Å²) in [6.07, 6.45) is 0. The quantitative estimate of drug-likeness (QED) is 0.551. The van der Waals surface area contributed by atoms with Gasteiger partial charge in [-0.3, -0.25) is 0 Å². The van der Waals surface area contributed by atoms with Gasteiger partial charge < -0.3 is 20.5 Å². The van der Waals surface area contributed by atoms with Crippen LogP contribution in [0.3, 0.4) is 0 Å². The summed E-state index contributed by atoms with van der Waals surface area (Å²) in [5.74, 6) is 2.25. The van der Waals surface area contributed by atoms with Gasteiger partial charge in [0.25, 0.3) is 0 Å². The van der Waals surface area contributed by atoms with Crippen molar-refractivity contribution in [3.05, 3.63) is 23.8 Å². The van der Waals surface area contributed by atoms with Crippen molar-refractivity contribution >= 4 is 5.96 Å². The zero-order valence-electron chi connectivity index (χ0n) is 12.7. The molecule has 1 rings (SSSR count). The molecule has 0 saturated heterocycles. The summed E-state index contributed by atoms with van der Waals surface area (Å²) < 4.78 is 5.15. The summed E-state index contributed by atoms with van der Waals surface area (Å²) in [4.78, 5) is 4.47. The first kappa shape index (κ1) is 16.1. The first-order valence-electron chi connectivity index (χ1n) is 6.94. The van der Waals surface area contributed by atoms with E-state index in [-0.39, 0.29) is 5.75 Å². The van der Waals surface area contributed by atoms with E-state index in [0.717, 1.165) is 24.6 Å². The predicted molar refractivity (Wildman–Crippen MR) is 82.3 cm³/mol. The van der Waals surface area contributed by atoms with E-state index in [0.29, 0.717) is 18.2 Å². The topological polar surface area (TPSA) is 65.9 Å². The summed E-state index contributed by atoms with van der Waals surface area (Å²) in [6.45, 7) is 8.37. The van der Waals surface area contributed by atoms with Gasteiger partial charge in [0.15, 0.2) is 5.96 Å². The maximum atomic E-state index is 9.83. The zero-order chi connectivity index (χ0) is 15.0. The molecular weight excluding hydrogens is 254 g/mol. The zero-order valence-corrected chi connectivity index (χ0v) is 12.7. The van der Waals surface area contributed by atoms with E-state index in [2.05, 4.69) is 29.5 Å². The lowest BCUT2D eigenvalue weighted by atomic mass is 10.2. The van der Waals surface area contributed by atoms with E-state index >= 15 is 0 Å². The minimum atomic E-state index is 0.231. The Morgan fingerprint density at radius 3 is 2.70 bits per heavy atom. The Morgan fingerprint density at radius 1 is 1.35 bits per heavy atom. The van der Waals surface area contributed by atoms with Gasteiger partial charge in [-0.05, 0) is 31.0 Å². The number of methoxy groups -OCH3 is 1. The molecule has 3 N–H and O–H groups in total. The summed E-state index contributed by atoms with van der Waals surface area (Å²) >= 11 is 0. The third kappa shape index (κ3) is 5.38. The fraction of sp³-hybridized carbons (Fsp3) is 0.533. The Bertz CT molecular complexity index is 445. The molecule has 0 unspecified atom stereocenters. The lowest BCUT2D eigenvalue weighted by Gasteiger charge is -2.13. The monoisotopic (exact) mass is 279 g/mol. The number of phenols is 1. The average molecular weight is 279 g/mol. The van der Waals surface area contributed by atoms with Crippen molar-refractivity contribution < 1.29 is 9.84 Å². The number of nitrogens with zero attached hydrogens (tertiary/aromatic N) is 1. The molecule has 0 atom stereocenters. The van der Waals surface area contributed by atoms with Gasteiger partial charge in [-0.15, -0.1) is 0 Å². The molecule has 0 bridgehead atoms. The van der Waals surface area contributed by atoms with E-state index in [4.69, 9.17) is 4.74 Å². The number of aromatic hydroxyl groups is 1. The van der Waals surface area contributed by atoms with E-state index in [1.165, 1.54) is 0 Å². The van der Waals surface area contributed by atoms with Gasteiger partial charge >= 0.3 is 0 Å². The third-order valence-corrected chi connectivity index (χ3v) is 2.72. The lowest BCUT2D eigenvalue weighted by molar-refractivity contribution is 0.411. The van der Waals surface area contributed by atoms with Crippen molar-refractivity contribution in [2.75, 3.05) is 20.2 Å². The number of nitrogens with one attached hydrogen (secondary N) is 2. The second kappa shape index (κ2) is 8.30. The standard InChI is InChI=1S/C15H25N3O2/c1-5-16-15(17-9-11(2)3)18-10-12-8-13(20-4)6-7-14(12)19/h6-8,11,19H,5,9-10H2,1-4H3,(H2,16,17,18). The Labute approximate surface area is 121 Å². The van der Waals surface area contributed by atoms with Gasteiger partial charge in [-0.1, -0.05) is 13.8 Å². The predicted octanol–water partition coefficient (Wildman–Crippen LogP) is 2.11. The van der Waals surface area contributed by atoms with Crippen LogP contribution in [-0.4, -0.2) is 31.3 Å². The van der Waals surface area contributed by atoms with Crippen LogP contribution in [0, 0.1) is 5.92 Å². The maximum absolute atomic E-state index is 9.83. The van der Waals surface area contributed by atoms with E-state index in [9.17, 15) is 5.11 Å². The van der Waals surface area contributed by atoms with Gasteiger partial charge in [0.05, 0.1) is 13.7 Å². The Kier molecular flexibility index (Phi) is 6.70. The van der Waals surface area contributed by atoms with Crippen LogP contribution in [-0.2, 0) is 6.54 Å². The van der Waals surface area contributed by atoms with Crippen molar-refractivity contribution in [3.8, 4) is 11.5 Å². The molecule has 0 amide bonds. The Balaban J connectivity index is 2.75. The number of rotatable bonds is 6. The van der Waals surface area contributed by atoms with Crippen molar-refractivity contribution in [1.82, 2.24) is 10.6 Å². The molecule has 1 aromatic rings. The van der Waals surface area contributed by atoms with Gasteiger partial charge in [0, 0.05) is 18.7 Å². The second-order valence-corrected chi connectivity index (χ2v) is 4.96. The minimum Gasteiger partial charge on any atom is -0.508 e. The number of guanidine groups is 1. The number of benzene rings is 1. The highest BCUT2D eigenvalue weighted by Crippen LogP contribution is 2.23. The highest BCUT2D eigenvalue weighted by molar-refractivity contribution is 5.79. The molecule has 1 aromatic carbocycles. The molecule has 0 radical (unpaired) electrons. The second-order valence-electron chi connectivity index (χ2n) is 4.96. The fourth-order valence-electron chi connectivity index (χ4n) is 1.62. The number of phenolic OH excluding ortho intramolecular Hbond substituents is 1. The normalized spacial score (nSPS) is 11.6. The first-order valence-corrected chi connectivity index (χ1v) is 6.94. The summed E-state index contributed by atoms with van der Waals surface area (Å²) in [5.41, 5.74) is 0.742. The van der Waals surface area contributed by atoms with Gasteiger partial charge in [0.1, 0.15) is 11.5 Å². The Hall–Kier alpha value is -1.91. The number of ether oxygens (including phenoxy) is 1. The molecule has 0 aromatic heterocycles. The highest BCUT2D eigenvalue weighted by Gasteiger charge is 2.04. The molecule has 0 heterocycles. The van der Waals surface area contributed by atoms with Crippen LogP contribution in [0.25, 0.3) is 0 Å². The van der Waals surface area contributed by atoms with Crippen molar-refractivity contribution in [2.45, 2.75) is 27.3 Å². The van der Waals surface area contributed by atoms with Crippen molar-refractivity contribution in [3.63, 3.8) is 0 Å². The number of aliphatic imine (C=N–C) groups is 1. The summed E-state index contributed by atoms with van der Waals surface area (Å²) in [6, 6.07) is 5.15. The van der Waals surface area contributed by atoms with Gasteiger partial charge in [-0.2, -0.15) is 0 Å².